The van der Waals surface area contributed by atoms with Gasteiger partial charge in [0.2, 0.25) is 0 Å². The Kier molecular flexibility index (Phi) is 5.11. The van der Waals surface area contributed by atoms with E-state index >= 15 is 0 Å². The molecule has 0 aromatic carbocycles. The fraction of sp³-hybridized carbons (Fsp3) is 0.700. The molecule has 114 valence electrons. The molecule has 1 aliphatic carbocycles. The lowest BCUT2D eigenvalue weighted by Crippen LogP contribution is -2.34. The number of hydrogen-bond acceptors (Lipinski definition) is 0. The lowest BCUT2D eigenvalue weighted by Gasteiger charge is -2.46. The molecule has 1 atom stereocenters. The molecule has 0 aliphatic heterocycles. The Morgan fingerprint density at radius 2 is 1.65 bits per heavy atom. The lowest BCUT2D eigenvalue weighted by atomic mass is 9.58. The highest BCUT2D eigenvalue weighted by Crippen LogP contribution is 2.54. The van der Waals surface area contributed by atoms with E-state index in [0.717, 1.165) is 0 Å². The van der Waals surface area contributed by atoms with Gasteiger partial charge in [-0.25, -0.2) is 0 Å². The van der Waals surface area contributed by atoms with Gasteiger partial charge in [-0.3, -0.25) is 0 Å². The van der Waals surface area contributed by atoms with Gasteiger partial charge in [0.05, 0.1) is 0 Å². The zero-order valence-electron chi connectivity index (χ0n) is 14.9. The molecule has 20 heavy (non-hydrogen) atoms. The molecule has 0 aromatic heterocycles. The standard InChI is InChI=1S/C20H34/c1-9-12-18(4,5)15-17-16(10-2)20(8,11-3)14-13-19(17,6)7/h9-10,12,15H,11,13-14H2,1-8H3/b12-9-,16-10+,17-15+. The van der Waals surface area contributed by atoms with Gasteiger partial charge < -0.3 is 0 Å². The molecule has 0 heterocycles. The van der Waals surface area contributed by atoms with Crippen LogP contribution in [0.1, 0.15) is 74.7 Å². The van der Waals surface area contributed by atoms with Gasteiger partial charge in [-0.05, 0) is 55.1 Å². The zero-order valence-corrected chi connectivity index (χ0v) is 14.9. The molecule has 0 bridgehead atoms. The summed E-state index contributed by atoms with van der Waals surface area (Å²) in [7, 11) is 0. The third-order valence-corrected chi connectivity index (χ3v) is 5.15. The van der Waals surface area contributed by atoms with E-state index < -0.39 is 0 Å². The Morgan fingerprint density at radius 1 is 1.05 bits per heavy atom. The average Bonchev–Trinajstić information content (AvgIpc) is 2.34. The highest BCUT2D eigenvalue weighted by Gasteiger charge is 2.41. The molecule has 0 radical (unpaired) electrons. The van der Waals surface area contributed by atoms with Crippen LogP contribution in [0.2, 0.25) is 0 Å². The van der Waals surface area contributed by atoms with Gasteiger partial charge in [0.15, 0.2) is 0 Å². The van der Waals surface area contributed by atoms with Crippen LogP contribution in [0.15, 0.2) is 35.5 Å². The summed E-state index contributed by atoms with van der Waals surface area (Å²) >= 11 is 0. The Hall–Kier alpha value is -0.780. The molecule has 0 spiro atoms. The van der Waals surface area contributed by atoms with E-state index in [1.54, 1.807) is 11.1 Å². The minimum atomic E-state index is 0.127. The summed E-state index contributed by atoms with van der Waals surface area (Å²) in [5.41, 5.74) is 3.91. The molecule has 0 heteroatoms. The maximum Gasteiger partial charge on any atom is 0.00104 e. The van der Waals surface area contributed by atoms with Crippen molar-refractivity contribution in [1.82, 2.24) is 0 Å². The molecule has 0 aromatic rings. The van der Waals surface area contributed by atoms with E-state index in [1.807, 2.05) is 0 Å². The quantitative estimate of drug-likeness (QED) is 0.502. The third kappa shape index (κ3) is 3.45. The molecule has 1 fully saturated rings. The summed E-state index contributed by atoms with van der Waals surface area (Å²) in [5.74, 6) is 0. The van der Waals surface area contributed by atoms with Gasteiger partial charge in [-0.1, -0.05) is 65.8 Å². The normalized spacial score (nSPS) is 31.4. The van der Waals surface area contributed by atoms with Gasteiger partial charge in [0.1, 0.15) is 0 Å². The summed E-state index contributed by atoms with van der Waals surface area (Å²) in [6.45, 7) is 18.5. The molecular formula is C20H34. The van der Waals surface area contributed by atoms with E-state index in [1.165, 1.54) is 19.3 Å². The molecule has 0 saturated heterocycles. The second-order valence-electron chi connectivity index (χ2n) is 7.88. The molecule has 1 aliphatic rings. The molecule has 0 nitrogen and oxygen atoms in total. The summed E-state index contributed by atoms with van der Waals surface area (Å²) in [6.07, 6.45) is 13.2. The van der Waals surface area contributed by atoms with Crippen molar-refractivity contribution in [3.8, 4) is 0 Å². The first-order valence-electron chi connectivity index (χ1n) is 8.16. The number of rotatable bonds is 3. The molecular weight excluding hydrogens is 240 g/mol. The monoisotopic (exact) mass is 274 g/mol. The van der Waals surface area contributed by atoms with Crippen LogP contribution in [0.4, 0.5) is 0 Å². The number of allylic oxidation sites excluding steroid dienone is 6. The minimum absolute atomic E-state index is 0.127. The largest absolute Gasteiger partial charge is 0.0908 e. The van der Waals surface area contributed by atoms with Crippen LogP contribution in [0.3, 0.4) is 0 Å². The predicted molar refractivity (Wildman–Crippen MR) is 91.8 cm³/mol. The van der Waals surface area contributed by atoms with Crippen molar-refractivity contribution in [3.63, 3.8) is 0 Å². The molecule has 1 unspecified atom stereocenters. The average molecular weight is 274 g/mol. The van der Waals surface area contributed by atoms with E-state index in [9.17, 15) is 0 Å². The van der Waals surface area contributed by atoms with Crippen molar-refractivity contribution in [2.75, 3.05) is 0 Å². The Bertz CT molecular complexity index is 429. The first kappa shape index (κ1) is 17.3. The van der Waals surface area contributed by atoms with Gasteiger partial charge in [0.25, 0.3) is 0 Å². The van der Waals surface area contributed by atoms with Gasteiger partial charge in [-0.2, -0.15) is 0 Å². The minimum Gasteiger partial charge on any atom is -0.0908 e. The lowest BCUT2D eigenvalue weighted by molar-refractivity contribution is 0.232. The third-order valence-electron chi connectivity index (χ3n) is 5.15. The Balaban J connectivity index is 3.39. The first-order valence-corrected chi connectivity index (χ1v) is 8.16. The van der Waals surface area contributed by atoms with Crippen LogP contribution in [0.25, 0.3) is 0 Å². The van der Waals surface area contributed by atoms with Crippen LogP contribution >= 0.6 is 0 Å². The van der Waals surface area contributed by atoms with Crippen LogP contribution in [-0.2, 0) is 0 Å². The van der Waals surface area contributed by atoms with Crippen LogP contribution < -0.4 is 0 Å². The maximum absolute atomic E-state index is 2.51. The van der Waals surface area contributed by atoms with Gasteiger partial charge >= 0.3 is 0 Å². The highest BCUT2D eigenvalue weighted by molar-refractivity contribution is 5.44. The second-order valence-corrected chi connectivity index (χ2v) is 7.88. The van der Waals surface area contributed by atoms with Crippen molar-refractivity contribution in [1.29, 1.82) is 0 Å². The molecule has 1 rings (SSSR count). The molecule has 0 N–H and O–H groups in total. The van der Waals surface area contributed by atoms with E-state index in [0.29, 0.717) is 5.41 Å². The van der Waals surface area contributed by atoms with Crippen molar-refractivity contribution >= 4 is 0 Å². The van der Waals surface area contributed by atoms with Crippen LogP contribution in [0.5, 0.6) is 0 Å². The van der Waals surface area contributed by atoms with Crippen molar-refractivity contribution in [2.24, 2.45) is 16.2 Å². The van der Waals surface area contributed by atoms with Crippen molar-refractivity contribution < 1.29 is 0 Å². The summed E-state index contributed by atoms with van der Waals surface area (Å²) in [6, 6.07) is 0. The van der Waals surface area contributed by atoms with E-state index in [2.05, 4.69) is 79.7 Å². The van der Waals surface area contributed by atoms with Gasteiger partial charge in [0, 0.05) is 5.41 Å². The maximum atomic E-state index is 2.51. The SMILES string of the molecule is C/C=C\C(C)(C)/C=C1\C(=C/C)C(C)(CC)CCC1(C)C. The van der Waals surface area contributed by atoms with Crippen LogP contribution in [-0.4, -0.2) is 0 Å². The topological polar surface area (TPSA) is 0 Å². The van der Waals surface area contributed by atoms with E-state index in [4.69, 9.17) is 0 Å². The Morgan fingerprint density at radius 3 is 2.10 bits per heavy atom. The summed E-state index contributed by atoms with van der Waals surface area (Å²) < 4.78 is 0. The second kappa shape index (κ2) is 5.92. The smallest absolute Gasteiger partial charge is 0.00104 e. The highest BCUT2D eigenvalue weighted by atomic mass is 14.5. The zero-order chi connectivity index (χ0) is 15.6. The predicted octanol–water partition coefficient (Wildman–Crippen LogP) is 6.70. The molecule has 1 saturated carbocycles. The fourth-order valence-corrected chi connectivity index (χ4v) is 3.54. The van der Waals surface area contributed by atoms with Gasteiger partial charge in [-0.15, -0.1) is 0 Å². The summed E-state index contributed by atoms with van der Waals surface area (Å²) in [4.78, 5) is 0. The molecule has 0 amide bonds. The van der Waals surface area contributed by atoms with E-state index in [-0.39, 0.29) is 10.8 Å². The van der Waals surface area contributed by atoms with Crippen LogP contribution in [0, 0.1) is 16.2 Å². The van der Waals surface area contributed by atoms with Crippen molar-refractivity contribution in [3.05, 3.63) is 35.5 Å². The fourth-order valence-electron chi connectivity index (χ4n) is 3.54. The summed E-state index contributed by atoms with van der Waals surface area (Å²) in [5, 5.41) is 0. The van der Waals surface area contributed by atoms with Crippen molar-refractivity contribution in [2.45, 2.75) is 74.7 Å². The first-order chi connectivity index (χ1) is 9.12. The number of hydrogen-bond donors (Lipinski definition) is 0. The Labute approximate surface area is 127 Å².